The molecule has 0 fully saturated rings. The molecule has 0 saturated carbocycles. The van der Waals surface area contributed by atoms with Crippen LogP contribution in [-0.2, 0) is 19.6 Å². The zero-order chi connectivity index (χ0) is 18.2. The van der Waals surface area contributed by atoms with Gasteiger partial charge in [0, 0.05) is 32.7 Å². The largest absolute Gasteiger partial charge is 0.352 e. The first-order valence-electron chi connectivity index (χ1n) is 8.37. The molecule has 1 N–H and O–H groups in total. The predicted octanol–water partition coefficient (Wildman–Crippen LogP) is 3.09. The summed E-state index contributed by atoms with van der Waals surface area (Å²) < 4.78 is 13.9. The van der Waals surface area contributed by atoms with Crippen molar-refractivity contribution in [2.75, 3.05) is 28.2 Å². The Bertz CT molecular complexity index is 696. The van der Waals surface area contributed by atoms with Crippen LogP contribution in [-0.4, -0.2) is 44.0 Å². The topological polar surface area (TPSA) is 30.9 Å². The van der Waals surface area contributed by atoms with Crippen LogP contribution in [0.2, 0.25) is 0 Å². The second-order valence-corrected chi connectivity index (χ2v) is 6.54. The molecule has 2 aromatic rings. The lowest BCUT2D eigenvalue weighted by Crippen LogP contribution is -2.36. The Morgan fingerprint density at radius 2 is 1.72 bits per heavy atom. The van der Waals surface area contributed by atoms with Gasteiger partial charge in [-0.3, -0.25) is 0 Å². The third kappa shape index (κ3) is 6.19. The normalized spacial score (nSPS) is 11.7. The van der Waals surface area contributed by atoms with Crippen molar-refractivity contribution in [3.63, 3.8) is 0 Å². The highest BCUT2D eigenvalue weighted by atomic mass is 19.1. The van der Waals surface area contributed by atoms with Crippen LogP contribution in [0.3, 0.4) is 0 Å². The standard InChI is InChI=1S/C20H27FN4/c1-24(2)15-18-12-17(10-11-19(18)21)14-23-20(25(3)4)22-13-16-8-6-5-7-9-16/h5-12H,13-15H2,1-4H3,(H,22,23). The molecule has 0 heterocycles. The van der Waals surface area contributed by atoms with E-state index in [-0.39, 0.29) is 5.82 Å². The van der Waals surface area contributed by atoms with E-state index in [1.54, 1.807) is 6.07 Å². The molecule has 0 bridgehead atoms. The summed E-state index contributed by atoms with van der Waals surface area (Å²) in [6.45, 7) is 1.80. The summed E-state index contributed by atoms with van der Waals surface area (Å²) in [5.74, 6) is 0.638. The van der Waals surface area contributed by atoms with E-state index in [4.69, 9.17) is 0 Å². The molecule has 0 aliphatic carbocycles. The SMILES string of the molecule is CN(C)Cc1cc(CN=C(NCc2ccccc2)N(C)C)ccc1F. The highest BCUT2D eigenvalue weighted by Gasteiger charge is 2.06. The summed E-state index contributed by atoms with van der Waals surface area (Å²) in [7, 11) is 7.78. The van der Waals surface area contributed by atoms with Gasteiger partial charge in [0.1, 0.15) is 5.82 Å². The fraction of sp³-hybridized carbons (Fsp3) is 0.350. The number of nitrogens with one attached hydrogen (secondary N) is 1. The maximum Gasteiger partial charge on any atom is 0.194 e. The van der Waals surface area contributed by atoms with Gasteiger partial charge < -0.3 is 15.1 Å². The van der Waals surface area contributed by atoms with Crippen molar-refractivity contribution >= 4 is 5.96 Å². The Kier molecular flexibility index (Phi) is 6.95. The molecular formula is C20H27FN4. The van der Waals surface area contributed by atoms with E-state index in [2.05, 4.69) is 22.4 Å². The van der Waals surface area contributed by atoms with Crippen molar-refractivity contribution in [2.24, 2.45) is 4.99 Å². The molecule has 0 spiro atoms. The van der Waals surface area contributed by atoms with E-state index >= 15 is 0 Å². The van der Waals surface area contributed by atoms with Crippen LogP contribution < -0.4 is 5.32 Å². The molecule has 0 aromatic heterocycles. The molecule has 2 aromatic carbocycles. The first-order chi connectivity index (χ1) is 12.0. The van der Waals surface area contributed by atoms with Crippen LogP contribution in [0.5, 0.6) is 0 Å². The van der Waals surface area contributed by atoms with E-state index in [9.17, 15) is 4.39 Å². The maximum absolute atomic E-state index is 13.9. The van der Waals surface area contributed by atoms with Gasteiger partial charge in [0.25, 0.3) is 0 Å². The fourth-order valence-corrected chi connectivity index (χ4v) is 2.49. The minimum atomic E-state index is -0.170. The van der Waals surface area contributed by atoms with Crippen molar-refractivity contribution in [3.05, 3.63) is 71.0 Å². The predicted molar refractivity (Wildman–Crippen MR) is 102 cm³/mol. The van der Waals surface area contributed by atoms with Crippen molar-refractivity contribution in [1.29, 1.82) is 0 Å². The van der Waals surface area contributed by atoms with Crippen LogP contribution in [0, 0.1) is 5.82 Å². The van der Waals surface area contributed by atoms with Gasteiger partial charge in [0.2, 0.25) is 0 Å². The Morgan fingerprint density at radius 1 is 1.00 bits per heavy atom. The van der Waals surface area contributed by atoms with Gasteiger partial charge in [-0.2, -0.15) is 0 Å². The monoisotopic (exact) mass is 342 g/mol. The fourth-order valence-electron chi connectivity index (χ4n) is 2.49. The van der Waals surface area contributed by atoms with E-state index in [1.165, 1.54) is 11.6 Å². The minimum Gasteiger partial charge on any atom is -0.352 e. The number of hydrogen-bond donors (Lipinski definition) is 1. The smallest absolute Gasteiger partial charge is 0.194 e. The van der Waals surface area contributed by atoms with Crippen molar-refractivity contribution in [3.8, 4) is 0 Å². The summed E-state index contributed by atoms with van der Waals surface area (Å²) >= 11 is 0. The average molecular weight is 342 g/mol. The van der Waals surface area contributed by atoms with Gasteiger partial charge in [0.05, 0.1) is 6.54 Å². The van der Waals surface area contributed by atoms with Crippen LogP contribution in [0.15, 0.2) is 53.5 Å². The molecule has 2 rings (SSSR count). The first kappa shape index (κ1) is 18.9. The number of halogens is 1. The molecule has 0 aliphatic heterocycles. The third-order valence-corrected chi connectivity index (χ3v) is 3.73. The van der Waals surface area contributed by atoms with Crippen LogP contribution in [0.1, 0.15) is 16.7 Å². The lowest BCUT2D eigenvalue weighted by Gasteiger charge is -2.18. The Balaban J connectivity index is 2.05. The molecule has 25 heavy (non-hydrogen) atoms. The molecule has 5 heteroatoms. The second kappa shape index (κ2) is 9.18. The van der Waals surface area contributed by atoms with E-state index < -0.39 is 0 Å². The summed E-state index contributed by atoms with van der Waals surface area (Å²) in [6.07, 6.45) is 0. The first-order valence-corrected chi connectivity index (χ1v) is 8.37. The zero-order valence-corrected chi connectivity index (χ0v) is 15.5. The molecular weight excluding hydrogens is 315 g/mol. The number of nitrogens with zero attached hydrogens (tertiary/aromatic N) is 3. The lowest BCUT2D eigenvalue weighted by molar-refractivity contribution is 0.392. The Hall–Kier alpha value is -2.40. The maximum atomic E-state index is 13.9. The van der Waals surface area contributed by atoms with Crippen molar-refractivity contribution < 1.29 is 4.39 Å². The second-order valence-electron chi connectivity index (χ2n) is 6.54. The van der Waals surface area contributed by atoms with Gasteiger partial charge in [-0.05, 0) is 37.4 Å². The zero-order valence-electron chi connectivity index (χ0n) is 15.5. The number of hydrogen-bond acceptors (Lipinski definition) is 2. The van der Waals surface area contributed by atoms with Crippen molar-refractivity contribution in [1.82, 2.24) is 15.1 Å². The van der Waals surface area contributed by atoms with Gasteiger partial charge in [-0.1, -0.05) is 36.4 Å². The highest BCUT2D eigenvalue weighted by Crippen LogP contribution is 2.13. The minimum absolute atomic E-state index is 0.170. The number of benzene rings is 2. The van der Waals surface area contributed by atoms with Gasteiger partial charge in [0.15, 0.2) is 5.96 Å². The summed E-state index contributed by atoms with van der Waals surface area (Å²) in [4.78, 5) is 8.56. The quantitative estimate of drug-likeness (QED) is 0.646. The molecule has 4 nitrogen and oxygen atoms in total. The van der Waals surface area contributed by atoms with Gasteiger partial charge in [-0.25, -0.2) is 9.38 Å². The van der Waals surface area contributed by atoms with E-state index in [0.29, 0.717) is 25.2 Å². The van der Waals surface area contributed by atoms with Gasteiger partial charge >= 0.3 is 0 Å². The molecule has 0 radical (unpaired) electrons. The molecule has 0 saturated heterocycles. The molecule has 0 atom stereocenters. The average Bonchev–Trinajstić information content (AvgIpc) is 2.57. The molecule has 0 aliphatic rings. The van der Waals surface area contributed by atoms with Crippen LogP contribution in [0.25, 0.3) is 0 Å². The van der Waals surface area contributed by atoms with Crippen molar-refractivity contribution in [2.45, 2.75) is 19.6 Å². The summed E-state index contributed by atoms with van der Waals surface area (Å²) in [5.41, 5.74) is 2.90. The Labute approximate surface area is 150 Å². The van der Waals surface area contributed by atoms with E-state index in [0.717, 1.165) is 11.5 Å². The molecule has 134 valence electrons. The number of rotatable bonds is 6. The molecule has 0 amide bonds. The summed E-state index contributed by atoms with van der Waals surface area (Å²) in [6, 6.07) is 15.4. The summed E-state index contributed by atoms with van der Waals surface area (Å²) in [5, 5.41) is 3.36. The van der Waals surface area contributed by atoms with Gasteiger partial charge in [-0.15, -0.1) is 0 Å². The van der Waals surface area contributed by atoms with E-state index in [1.807, 2.05) is 62.3 Å². The third-order valence-electron chi connectivity index (χ3n) is 3.73. The van der Waals surface area contributed by atoms with Crippen LogP contribution in [0.4, 0.5) is 4.39 Å². The van der Waals surface area contributed by atoms with Crippen LogP contribution >= 0.6 is 0 Å². The molecule has 0 unspecified atom stereocenters. The lowest BCUT2D eigenvalue weighted by atomic mass is 10.1. The Morgan fingerprint density at radius 3 is 2.36 bits per heavy atom. The number of guanidine groups is 1. The highest BCUT2D eigenvalue weighted by molar-refractivity contribution is 5.79. The number of aliphatic imine (C=N–C) groups is 1.